The van der Waals surface area contributed by atoms with Gasteiger partial charge in [-0.15, -0.1) is 0 Å². The van der Waals surface area contributed by atoms with Gasteiger partial charge in [0.15, 0.2) is 5.78 Å². The molecule has 2 aliphatic rings. The summed E-state index contributed by atoms with van der Waals surface area (Å²) in [5, 5.41) is 0. The summed E-state index contributed by atoms with van der Waals surface area (Å²) in [5.41, 5.74) is 1.41. The number of ether oxygens (including phenoxy) is 1. The molecule has 2 unspecified atom stereocenters. The van der Waals surface area contributed by atoms with Crippen LogP contribution in [-0.2, 0) is 14.3 Å². The molecule has 0 saturated carbocycles. The van der Waals surface area contributed by atoms with Crippen LogP contribution in [0.3, 0.4) is 0 Å². The van der Waals surface area contributed by atoms with E-state index in [9.17, 15) is 19.2 Å². The molecule has 0 spiro atoms. The maximum Gasteiger partial charge on any atom is 0.340 e. The Morgan fingerprint density at radius 2 is 1.62 bits per heavy atom. The molecule has 1 N–H and O–H groups in total. The van der Waals surface area contributed by atoms with Gasteiger partial charge in [-0.2, -0.15) is 0 Å². The number of carbonyl (C=O) groups is 4. The Balaban J connectivity index is 1.86. The normalized spacial score (nSPS) is 21.9. The predicted molar refractivity (Wildman–Crippen MR) is 92.6 cm³/mol. The third kappa shape index (κ3) is 2.87. The van der Waals surface area contributed by atoms with Gasteiger partial charge in [0.1, 0.15) is 0 Å². The van der Waals surface area contributed by atoms with Gasteiger partial charge in [0.2, 0.25) is 11.8 Å². The molecule has 3 rings (SSSR count). The average Bonchev–Trinajstić information content (AvgIpc) is 3.04. The van der Waals surface area contributed by atoms with Crippen molar-refractivity contribution in [3.63, 3.8) is 0 Å². The summed E-state index contributed by atoms with van der Waals surface area (Å²) in [6, 6.07) is 0. The van der Waals surface area contributed by atoms with E-state index in [-0.39, 0.29) is 47.9 Å². The maximum absolute atomic E-state index is 12.9. The van der Waals surface area contributed by atoms with E-state index in [1.165, 1.54) is 0 Å². The molecule has 7 heteroatoms. The lowest BCUT2D eigenvalue weighted by Gasteiger charge is -2.14. The van der Waals surface area contributed by atoms with E-state index < -0.39 is 11.8 Å². The van der Waals surface area contributed by atoms with Crippen LogP contribution >= 0.6 is 0 Å². The van der Waals surface area contributed by atoms with Crippen LogP contribution in [-0.4, -0.2) is 46.6 Å². The molecule has 2 heterocycles. The first-order chi connectivity index (χ1) is 12.4. The summed E-state index contributed by atoms with van der Waals surface area (Å²) in [5.74, 6) is -2.39. The van der Waals surface area contributed by atoms with Crippen molar-refractivity contribution < 1.29 is 23.9 Å². The van der Waals surface area contributed by atoms with Crippen molar-refractivity contribution in [2.75, 3.05) is 13.2 Å². The standard InChI is InChI=1S/C19H22N2O5/c1-4-26-19(25)16-11(3)20-10(2)15(16)14(22)9-21-17(23)12-7-5-6-8-13(12)18(21)24/h5-6,12-13,20H,4,7-9H2,1-3H3. The van der Waals surface area contributed by atoms with Gasteiger partial charge in [0, 0.05) is 11.4 Å². The Hall–Kier alpha value is -2.70. The van der Waals surface area contributed by atoms with Gasteiger partial charge in [-0.1, -0.05) is 12.2 Å². The summed E-state index contributed by atoms with van der Waals surface area (Å²) >= 11 is 0. The number of aromatic nitrogens is 1. The summed E-state index contributed by atoms with van der Waals surface area (Å²) in [6.07, 6.45) is 4.85. The second kappa shape index (κ2) is 6.90. The Morgan fingerprint density at radius 1 is 1.08 bits per heavy atom. The van der Waals surface area contributed by atoms with Crippen LogP contribution in [0, 0.1) is 25.7 Å². The van der Waals surface area contributed by atoms with Crippen molar-refractivity contribution >= 4 is 23.6 Å². The molecule has 2 atom stereocenters. The summed E-state index contributed by atoms with van der Waals surface area (Å²) in [4.78, 5) is 54.2. The molecule has 1 aliphatic heterocycles. The minimum Gasteiger partial charge on any atom is -0.462 e. The van der Waals surface area contributed by atoms with Crippen molar-refractivity contribution in [2.45, 2.75) is 33.6 Å². The lowest BCUT2D eigenvalue weighted by Crippen LogP contribution is -2.36. The first-order valence-corrected chi connectivity index (χ1v) is 8.76. The van der Waals surface area contributed by atoms with Crippen LogP contribution in [0.2, 0.25) is 0 Å². The largest absolute Gasteiger partial charge is 0.462 e. The predicted octanol–water partition coefficient (Wildman–Crippen LogP) is 1.94. The molecule has 1 aromatic heterocycles. The Kier molecular flexibility index (Phi) is 4.80. The second-order valence-electron chi connectivity index (χ2n) is 6.69. The van der Waals surface area contributed by atoms with E-state index >= 15 is 0 Å². The highest BCUT2D eigenvalue weighted by atomic mass is 16.5. The zero-order valence-corrected chi connectivity index (χ0v) is 15.1. The molecule has 1 saturated heterocycles. The third-order valence-electron chi connectivity index (χ3n) is 5.03. The van der Waals surface area contributed by atoms with Crippen LogP contribution in [0.15, 0.2) is 12.2 Å². The number of Topliss-reactive ketones (excluding diaryl/α,β-unsaturated/α-hetero) is 1. The van der Waals surface area contributed by atoms with Crippen LogP contribution in [0.4, 0.5) is 0 Å². The van der Waals surface area contributed by atoms with E-state index in [1.54, 1.807) is 20.8 Å². The van der Waals surface area contributed by atoms with E-state index in [4.69, 9.17) is 4.74 Å². The molecule has 0 bridgehead atoms. The SMILES string of the molecule is CCOC(=O)c1c(C)[nH]c(C)c1C(=O)CN1C(=O)C2CC=CCC2C1=O. The van der Waals surface area contributed by atoms with Gasteiger partial charge >= 0.3 is 5.97 Å². The number of esters is 1. The number of aromatic amines is 1. The molecule has 1 aliphatic carbocycles. The molecule has 0 radical (unpaired) electrons. The third-order valence-corrected chi connectivity index (χ3v) is 5.03. The fourth-order valence-corrected chi connectivity index (χ4v) is 3.84. The van der Waals surface area contributed by atoms with Gasteiger partial charge in [-0.25, -0.2) is 4.79 Å². The average molecular weight is 358 g/mol. The Morgan fingerprint density at radius 3 is 2.15 bits per heavy atom. The molecule has 7 nitrogen and oxygen atoms in total. The van der Waals surface area contributed by atoms with Gasteiger partial charge in [0.25, 0.3) is 0 Å². The zero-order chi connectivity index (χ0) is 19.0. The zero-order valence-electron chi connectivity index (χ0n) is 15.1. The number of imide groups is 1. The lowest BCUT2D eigenvalue weighted by atomic mass is 9.85. The fourth-order valence-electron chi connectivity index (χ4n) is 3.84. The van der Waals surface area contributed by atoms with Crippen LogP contribution < -0.4 is 0 Å². The quantitative estimate of drug-likeness (QED) is 0.375. The molecule has 1 fully saturated rings. The first kappa shape index (κ1) is 18.1. The minimum atomic E-state index is -0.588. The summed E-state index contributed by atoms with van der Waals surface area (Å²) in [7, 11) is 0. The number of allylic oxidation sites excluding steroid dienone is 2. The molecule has 0 aromatic carbocycles. The molecular formula is C19H22N2O5. The van der Waals surface area contributed by atoms with Gasteiger partial charge < -0.3 is 9.72 Å². The van der Waals surface area contributed by atoms with Crippen LogP contribution in [0.25, 0.3) is 0 Å². The van der Waals surface area contributed by atoms with Crippen molar-refractivity contribution in [3.8, 4) is 0 Å². The van der Waals surface area contributed by atoms with E-state index in [1.807, 2.05) is 12.2 Å². The minimum absolute atomic E-state index is 0.174. The van der Waals surface area contributed by atoms with Crippen molar-refractivity contribution in [1.82, 2.24) is 9.88 Å². The van der Waals surface area contributed by atoms with E-state index in [0.717, 1.165) is 4.90 Å². The first-order valence-electron chi connectivity index (χ1n) is 8.76. The monoisotopic (exact) mass is 358 g/mol. The van der Waals surface area contributed by atoms with Crippen LogP contribution in [0.1, 0.15) is 51.9 Å². The number of rotatable bonds is 5. The van der Waals surface area contributed by atoms with E-state index in [0.29, 0.717) is 24.2 Å². The van der Waals surface area contributed by atoms with E-state index in [2.05, 4.69) is 4.98 Å². The number of fused-ring (bicyclic) bond motifs is 1. The Bertz CT molecular complexity index is 794. The molecule has 1 aromatic rings. The summed E-state index contributed by atoms with van der Waals surface area (Å²) in [6.45, 7) is 4.89. The number of aryl methyl sites for hydroxylation is 2. The molecule has 138 valence electrons. The Labute approximate surface area is 151 Å². The smallest absolute Gasteiger partial charge is 0.340 e. The number of carbonyl (C=O) groups excluding carboxylic acids is 4. The van der Waals surface area contributed by atoms with Crippen LogP contribution in [0.5, 0.6) is 0 Å². The number of hydrogen-bond acceptors (Lipinski definition) is 5. The number of H-pyrrole nitrogens is 1. The number of likely N-dealkylation sites (tertiary alicyclic amines) is 1. The number of amides is 2. The lowest BCUT2D eigenvalue weighted by molar-refractivity contribution is -0.139. The van der Waals surface area contributed by atoms with Crippen molar-refractivity contribution in [3.05, 3.63) is 34.7 Å². The number of nitrogens with zero attached hydrogens (tertiary/aromatic N) is 1. The number of hydrogen-bond donors (Lipinski definition) is 1. The fraction of sp³-hybridized carbons (Fsp3) is 0.474. The molecule has 2 amide bonds. The topological polar surface area (TPSA) is 96.5 Å². The highest BCUT2D eigenvalue weighted by Crippen LogP contribution is 2.35. The number of ketones is 1. The molecular weight excluding hydrogens is 336 g/mol. The number of nitrogens with one attached hydrogen (secondary N) is 1. The maximum atomic E-state index is 12.9. The highest BCUT2D eigenvalue weighted by Gasteiger charge is 2.48. The molecule has 26 heavy (non-hydrogen) atoms. The second-order valence-corrected chi connectivity index (χ2v) is 6.69. The summed E-state index contributed by atoms with van der Waals surface area (Å²) < 4.78 is 5.04. The van der Waals surface area contributed by atoms with Crippen molar-refractivity contribution in [1.29, 1.82) is 0 Å². The highest BCUT2D eigenvalue weighted by molar-refractivity contribution is 6.13. The van der Waals surface area contributed by atoms with Gasteiger partial charge in [0.05, 0.1) is 36.1 Å². The van der Waals surface area contributed by atoms with Gasteiger partial charge in [-0.3, -0.25) is 19.3 Å². The van der Waals surface area contributed by atoms with Gasteiger partial charge in [-0.05, 0) is 33.6 Å². The van der Waals surface area contributed by atoms with Crippen molar-refractivity contribution in [2.24, 2.45) is 11.8 Å².